The second-order valence-electron chi connectivity index (χ2n) is 32.9. The summed E-state index contributed by atoms with van der Waals surface area (Å²) in [6.45, 7) is 0. The van der Waals surface area contributed by atoms with Crippen molar-refractivity contribution in [2.75, 3.05) is 0 Å². The minimum Gasteiger partial charge on any atom is -0.744 e. The SMILES string of the molecule is O=S(=O)([O-])c1ccc2c3nc4nc(nc5[nH]c(nc6nc(nc([nH]3)c2c1S(=O)(=O)[O-])-c1ccccc1-6)c1ccccc51)-c1ccccc1-4.O=S(=O)([O-])c1ccc2c3nc4nc(nc5[nH]c(nc6nc(nc([nH]3)c2c1S(=O)(=O)[O-])-c1ccccc1-6)c1ccccc51)-c1ccccc1-4.O=S(=O)([O-])c1ccc2c3nc4nc(nc5[nH]c(nc6nc(nc([nH]3)c2c1S(=O)(=O)[O-])-c1ccccc1-6)c1ccccc51)-c1ccccc1-4.[Fe+3].[Fe+3]. The second-order valence-corrected chi connectivity index (χ2v) is 40.9. The van der Waals surface area contributed by atoms with Gasteiger partial charge in [-0.25, -0.2) is 140 Å². The molecule has 42 nitrogen and oxygen atoms in total. The van der Waals surface area contributed by atoms with E-state index in [2.05, 4.69) is 59.8 Å². The summed E-state index contributed by atoms with van der Waals surface area (Å²) in [6, 6.07) is 71.5. The molecule has 0 saturated carbocycles. The summed E-state index contributed by atoms with van der Waals surface area (Å²) in [7, 11) is -32.9. The fraction of sp³-hybridized carbons (Fsp3) is 0. The van der Waals surface area contributed by atoms with Crippen molar-refractivity contribution in [2.45, 2.75) is 29.4 Å². The molecule has 0 aliphatic carbocycles. The van der Waals surface area contributed by atoms with Gasteiger partial charge in [-0.1, -0.05) is 218 Å². The number of nitrogens with one attached hydrogen (secondary N) is 6. The molecule has 0 spiro atoms. The average molecular weight is 2130 g/mol. The summed E-state index contributed by atoms with van der Waals surface area (Å²) in [6.07, 6.45) is 0. The molecule has 146 heavy (non-hydrogen) atoms. The summed E-state index contributed by atoms with van der Waals surface area (Å²) in [4.78, 5) is 96.6. The van der Waals surface area contributed by atoms with E-state index >= 15 is 0 Å². The van der Waals surface area contributed by atoms with Gasteiger partial charge in [-0.2, -0.15) is 0 Å². The van der Waals surface area contributed by atoms with Crippen LogP contribution in [0.25, 0.3) is 269 Å². The van der Waals surface area contributed by atoms with E-state index in [-0.39, 0.29) is 137 Å². The molecule has 15 heterocycles. The molecule has 0 unspecified atom stereocenters. The summed E-state index contributed by atoms with van der Waals surface area (Å²) in [5.41, 5.74) is 9.25. The monoisotopic (exact) mass is 2130 g/mol. The zero-order chi connectivity index (χ0) is 98.8. The van der Waals surface area contributed by atoms with Gasteiger partial charge >= 0.3 is 34.1 Å². The molecule has 2 radical (unpaired) electrons. The molecule has 6 N–H and O–H groups in total. The Bertz CT molecular complexity index is 9890. The minimum absolute atomic E-state index is 0. The first kappa shape index (κ1) is 92.9. The van der Waals surface area contributed by atoms with Gasteiger partial charge in [-0.3, -0.25) is 0 Å². The molecule has 0 fully saturated rings. The van der Waals surface area contributed by atoms with Gasteiger partial charge in [-0.05, 0) is 36.4 Å². The van der Waals surface area contributed by atoms with Crippen molar-refractivity contribution in [3.63, 3.8) is 0 Å². The van der Waals surface area contributed by atoms with E-state index in [0.717, 1.165) is 50.5 Å². The van der Waals surface area contributed by atoms with Gasteiger partial charge in [0.15, 0.2) is 69.9 Å². The van der Waals surface area contributed by atoms with Gasteiger partial charge < -0.3 is 57.2 Å². The Balaban J connectivity index is 0.000000120. The number of aromatic nitrogens is 24. The van der Waals surface area contributed by atoms with Crippen LogP contribution < -0.4 is 0 Å². The van der Waals surface area contributed by atoms with Crippen LogP contribution in [0.5, 0.6) is 0 Å². The smallest absolute Gasteiger partial charge is 0.744 e. The first-order valence-corrected chi connectivity index (χ1v) is 51.2. The predicted molar refractivity (Wildman–Crippen MR) is 516 cm³/mol. The van der Waals surface area contributed by atoms with Gasteiger partial charge in [0.25, 0.3) is 0 Å². The van der Waals surface area contributed by atoms with Gasteiger partial charge in [0.2, 0.25) is 0 Å². The van der Waals surface area contributed by atoms with Crippen molar-refractivity contribution < 1.29 is 112 Å². The minimum atomic E-state index is -5.56. The zero-order valence-corrected chi connectivity index (χ0v) is 79.9. The maximum absolute atomic E-state index is 12.7. The van der Waals surface area contributed by atoms with E-state index in [0.29, 0.717) is 118 Å². The molecule has 24 bridgehead atoms. The molecule has 0 amide bonds. The largest absolute Gasteiger partial charge is 3.00 e. The number of aromatic amines is 6. The van der Waals surface area contributed by atoms with Gasteiger partial charge in [0, 0.05) is 131 Å². The van der Waals surface area contributed by atoms with Crippen LogP contribution in [0.1, 0.15) is 0 Å². The van der Waals surface area contributed by atoms with Crippen LogP contribution >= 0.6 is 0 Å². The molecule has 9 aromatic heterocycles. The number of hydrogen-bond acceptors (Lipinski definition) is 36. The predicted octanol–water partition coefficient (Wildman–Crippen LogP) is 14.0. The molecule has 6 aliphatic heterocycles. The van der Waals surface area contributed by atoms with Crippen molar-refractivity contribution in [3.05, 3.63) is 255 Å². The number of nitrogens with zero attached hydrogens (tertiary/aromatic N) is 18. The van der Waals surface area contributed by atoms with Crippen molar-refractivity contribution in [1.82, 2.24) is 120 Å². The number of fused-ring (bicyclic) bond motifs is 60. The summed E-state index contributed by atoms with van der Waals surface area (Å²) >= 11 is 0. The second kappa shape index (κ2) is 34.0. The first-order valence-electron chi connectivity index (χ1n) is 42.7. The van der Waals surface area contributed by atoms with Crippen LogP contribution in [-0.2, 0) is 94.8 Å². The Morgan fingerprint density at radius 3 is 0.425 bits per heavy atom. The topological polar surface area (TPSA) is 670 Å². The van der Waals surface area contributed by atoms with E-state index in [1.165, 1.54) is 18.2 Å². The third kappa shape index (κ3) is 15.5. The standard InChI is InChI=1S/3C32H18N8O6S2.2Fe/c3*41-47(42,43)22-14-13-21-23(24(22)48(44,45)46)32-39-30-20-12-6-5-11-19(20)28(37-30)35-26-16-8-2-1-7-15(16)25(33-26)34-27-17-9-3-4-10-18(17)29(36-27)38-31(21)40-32;;/h3*1-14H,(H,41,42,43)(H,44,45,46)(H2,33,34,35,36,37,38,39,40);;/q;;;2*+3/p-6. The molecule has 50 heteroatoms. The van der Waals surface area contributed by atoms with Crippen LogP contribution in [0.4, 0.5) is 0 Å². The third-order valence-corrected chi connectivity index (χ3v) is 30.3. The van der Waals surface area contributed by atoms with E-state index < -0.39 is 106 Å². The molecule has 6 aliphatic rings. The maximum atomic E-state index is 12.7. The quantitative estimate of drug-likeness (QED) is 0.0665. The molecule has 12 aromatic carbocycles. The normalized spacial score (nSPS) is 12.5. The average Bonchev–Trinajstić information content (AvgIpc) is 1.58. The van der Waals surface area contributed by atoms with Crippen LogP contribution in [-0.4, -0.2) is 197 Å². The van der Waals surface area contributed by atoms with Crippen molar-refractivity contribution in [2.24, 2.45) is 0 Å². The number of hydrogen-bond donors (Lipinski definition) is 6. The van der Waals surface area contributed by atoms with E-state index in [1.54, 1.807) is 109 Å². The van der Waals surface area contributed by atoms with Gasteiger partial charge in [-0.15, -0.1) is 0 Å². The first-order chi connectivity index (χ1) is 69.1. The molecular formula is C96H48Fe2N24O18S6. The molecule has 21 aromatic rings. The fourth-order valence-electron chi connectivity index (χ4n) is 18.4. The van der Waals surface area contributed by atoms with Crippen LogP contribution in [0.3, 0.4) is 0 Å². The number of H-pyrrole nitrogens is 6. The Hall–Kier alpha value is -16.8. The van der Waals surface area contributed by atoms with Crippen LogP contribution in [0.2, 0.25) is 0 Å². The molecule has 0 saturated heterocycles. The van der Waals surface area contributed by atoms with E-state index in [1.807, 2.05) is 109 Å². The Morgan fingerprint density at radius 2 is 0.281 bits per heavy atom. The molecule has 712 valence electrons. The Kier molecular flexibility index (Phi) is 21.6. The number of rotatable bonds is 6. The van der Waals surface area contributed by atoms with Crippen molar-refractivity contribution in [1.29, 1.82) is 0 Å². The number of benzene rings is 12. The Labute approximate surface area is 838 Å². The molecular weight excluding hydrogens is 2080 g/mol. The summed E-state index contributed by atoms with van der Waals surface area (Å²) in [5.74, 6) is 2.63. The fourth-order valence-corrected chi connectivity index (χ4v) is 24.2. The molecule has 27 rings (SSSR count). The Morgan fingerprint density at radius 1 is 0.151 bits per heavy atom. The summed E-state index contributed by atoms with van der Waals surface area (Å²) < 4.78 is 224. The molecule has 0 atom stereocenters. The van der Waals surface area contributed by atoms with Crippen molar-refractivity contribution in [3.8, 4) is 137 Å². The maximum Gasteiger partial charge on any atom is 3.00 e. The third-order valence-electron chi connectivity index (χ3n) is 24.5. The van der Waals surface area contributed by atoms with Crippen molar-refractivity contribution >= 4 is 193 Å². The van der Waals surface area contributed by atoms with Crippen LogP contribution in [0, 0.1) is 0 Å². The van der Waals surface area contributed by atoms with Gasteiger partial charge in [0.1, 0.15) is 128 Å². The van der Waals surface area contributed by atoms with Crippen LogP contribution in [0.15, 0.2) is 284 Å². The summed E-state index contributed by atoms with van der Waals surface area (Å²) in [5, 5.41) is 3.39. The zero-order valence-electron chi connectivity index (χ0n) is 72.8. The van der Waals surface area contributed by atoms with E-state index in [9.17, 15) is 77.8 Å². The van der Waals surface area contributed by atoms with E-state index in [4.69, 9.17) is 59.8 Å². The van der Waals surface area contributed by atoms with Gasteiger partial charge in [0.05, 0.1) is 29.4 Å².